The molecule has 5 heteroatoms. The highest BCUT2D eigenvalue weighted by Crippen LogP contribution is 2.34. The third-order valence-corrected chi connectivity index (χ3v) is 4.89. The van der Waals surface area contributed by atoms with E-state index < -0.39 is 17.2 Å². The first-order valence-corrected chi connectivity index (χ1v) is 7.39. The molecule has 0 radical (unpaired) electrons. The Morgan fingerprint density at radius 1 is 1.32 bits per heavy atom. The first kappa shape index (κ1) is 14.6. The van der Waals surface area contributed by atoms with Crippen molar-refractivity contribution in [3.63, 3.8) is 0 Å². The zero-order valence-electron chi connectivity index (χ0n) is 10.5. The van der Waals surface area contributed by atoms with Crippen LogP contribution in [0.25, 0.3) is 0 Å². The van der Waals surface area contributed by atoms with E-state index in [9.17, 15) is 13.9 Å². The average molecular weight is 347 g/mol. The molecule has 19 heavy (non-hydrogen) atoms. The maximum atomic E-state index is 13.9. The highest BCUT2D eigenvalue weighted by Gasteiger charge is 2.29. The fourth-order valence-electron chi connectivity index (χ4n) is 2.08. The number of aliphatic hydroxyl groups is 1. The lowest BCUT2D eigenvalue weighted by Gasteiger charge is -2.24. The second kappa shape index (κ2) is 5.31. The highest BCUT2D eigenvalue weighted by atomic mass is 79.9. The van der Waals surface area contributed by atoms with Gasteiger partial charge in [0.2, 0.25) is 0 Å². The molecule has 102 valence electrons. The first-order valence-electron chi connectivity index (χ1n) is 5.72. The van der Waals surface area contributed by atoms with Crippen LogP contribution < -0.4 is 0 Å². The van der Waals surface area contributed by atoms with E-state index >= 15 is 0 Å². The molecule has 0 spiro atoms. The molecule has 0 saturated heterocycles. The number of thiophene rings is 1. The lowest BCUT2D eigenvalue weighted by Crippen LogP contribution is -2.25. The van der Waals surface area contributed by atoms with Crippen molar-refractivity contribution in [1.82, 2.24) is 0 Å². The maximum absolute atomic E-state index is 13.9. The summed E-state index contributed by atoms with van der Waals surface area (Å²) < 4.78 is 27.9. The lowest BCUT2D eigenvalue weighted by atomic mass is 9.92. The molecule has 0 amide bonds. The van der Waals surface area contributed by atoms with Crippen LogP contribution >= 0.6 is 27.3 Å². The number of aryl methyl sites for hydroxylation is 1. The van der Waals surface area contributed by atoms with Gasteiger partial charge in [-0.15, -0.1) is 11.3 Å². The minimum atomic E-state index is -1.29. The lowest BCUT2D eigenvalue weighted by molar-refractivity contribution is 0.0589. The standard InChI is InChI=1S/C14H13BrF2OS/c1-8-5-6-19-13(8)14(2,18)7-9-11(16)4-3-10(15)12(9)17/h3-6,18H,7H2,1-2H3. The van der Waals surface area contributed by atoms with Gasteiger partial charge in [-0.3, -0.25) is 0 Å². The van der Waals surface area contributed by atoms with Crippen LogP contribution in [0, 0.1) is 18.6 Å². The summed E-state index contributed by atoms with van der Waals surface area (Å²) in [6.07, 6.45) is -0.106. The minimum Gasteiger partial charge on any atom is -0.384 e. The van der Waals surface area contributed by atoms with E-state index in [1.807, 2.05) is 18.4 Å². The molecule has 0 fully saturated rings. The van der Waals surface area contributed by atoms with Crippen LogP contribution in [0.5, 0.6) is 0 Å². The predicted octanol–water partition coefficient (Wildman–Crippen LogP) is 4.55. The summed E-state index contributed by atoms with van der Waals surface area (Å²) >= 11 is 4.42. The monoisotopic (exact) mass is 346 g/mol. The van der Waals surface area contributed by atoms with Crippen LogP contribution in [0.15, 0.2) is 28.1 Å². The van der Waals surface area contributed by atoms with Gasteiger partial charge in [0.15, 0.2) is 0 Å². The van der Waals surface area contributed by atoms with Crippen LogP contribution in [0.3, 0.4) is 0 Å². The van der Waals surface area contributed by atoms with E-state index in [0.717, 1.165) is 10.4 Å². The molecule has 1 N–H and O–H groups in total. The van der Waals surface area contributed by atoms with Crippen LogP contribution in [-0.4, -0.2) is 5.11 Å². The summed E-state index contributed by atoms with van der Waals surface area (Å²) in [5.41, 5.74) is -0.473. The van der Waals surface area contributed by atoms with E-state index in [-0.39, 0.29) is 16.5 Å². The first-order chi connectivity index (χ1) is 8.83. The average Bonchev–Trinajstić information content (AvgIpc) is 2.77. The van der Waals surface area contributed by atoms with Gasteiger partial charge in [-0.25, -0.2) is 8.78 Å². The van der Waals surface area contributed by atoms with Crippen LogP contribution in [0.2, 0.25) is 0 Å². The Bertz CT molecular complexity index is 607. The zero-order chi connectivity index (χ0) is 14.2. The van der Waals surface area contributed by atoms with Crippen LogP contribution in [-0.2, 0) is 12.0 Å². The number of hydrogen-bond acceptors (Lipinski definition) is 2. The molecule has 0 aliphatic rings. The Morgan fingerprint density at radius 3 is 2.58 bits per heavy atom. The van der Waals surface area contributed by atoms with Crippen LogP contribution in [0.1, 0.15) is 22.9 Å². The van der Waals surface area contributed by atoms with Gasteiger partial charge in [0.1, 0.15) is 17.2 Å². The molecule has 1 atom stereocenters. The predicted molar refractivity (Wildman–Crippen MR) is 76.4 cm³/mol. The summed E-state index contributed by atoms with van der Waals surface area (Å²) in [5.74, 6) is -1.30. The van der Waals surface area contributed by atoms with Crippen LogP contribution in [0.4, 0.5) is 8.78 Å². The van der Waals surface area contributed by atoms with Crippen molar-refractivity contribution < 1.29 is 13.9 Å². The smallest absolute Gasteiger partial charge is 0.143 e. The second-order valence-electron chi connectivity index (χ2n) is 4.71. The summed E-state index contributed by atoms with van der Waals surface area (Å²) in [6, 6.07) is 4.39. The Kier molecular flexibility index (Phi) is 4.08. The SMILES string of the molecule is Cc1ccsc1C(C)(O)Cc1c(F)ccc(Br)c1F. The maximum Gasteiger partial charge on any atom is 0.143 e. The van der Waals surface area contributed by atoms with Crippen molar-refractivity contribution in [1.29, 1.82) is 0 Å². The molecule has 2 rings (SSSR count). The normalized spacial score (nSPS) is 14.4. The Hall–Kier alpha value is -0.780. The van der Waals surface area contributed by atoms with Crippen molar-refractivity contribution in [2.75, 3.05) is 0 Å². The van der Waals surface area contributed by atoms with Gasteiger partial charge in [-0.2, -0.15) is 0 Å². The van der Waals surface area contributed by atoms with Gasteiger partial charge in [0.25, 0.3) is 0 Å². The molecule has 0 aliphatic carbocycles. The molecule has 1 unspecified atom stereocenters. The summed E-state index contributed by atoms with van der Waals surface area (Å²) in [7, 11) is 0. The number of rotatable bonds is 3. The molecule has 2 aromatic rings. The molecule has 0 saturated carbocycles. The van der Waals surface area contributed by atoms with Gasteiger partial charge in [-0.1, -0.05) is 0 Å². The van der Waals surface area contributed by atoms with E-state index in [0.29, 0.717) is 0 Å². The second-order valence-corrected chi connectivity index (χ2v) is 6.48. The largest absolute Gasteiger partial charge is 0.384 e. The molecule has 1 nitrogen and oxygen atoms in total. The molecule has 0 aliphatic heterocycles. The fraction of sp³-hybridized carbons (Fsp3) is 0.286. The Balaban J connectivity index is 2.41. The third kappa shape index (κ3) is 2.88. The van der Waals surface area contributed by atoms with E-state index in [4.69, 9.17) is 0 Å². The third-order valence-electron chi connectivity index (χ3n) is 3.01. The number of halogens is 3. The molecule has 1 aromatic heterocycles. The molecule has 1 aromatic carbocycles. The van der Waals surface area contributed by atoms with Gasteiger partial charge in [0.05, 0.1) is 4.47 Å². The van der Waals surface area contributed by atoms with E-state index in [1.54, 1.807) is 6.92 Å². The quantitative estimate of drug-likeness (QED) is 0.808. The van der Waals surface area contributed by atoms with Crippen molar-refractivity contribution >= 4 is 27.3 Å². The topological polar surface area (TPSA) is 20.2 Å². The molecule has 1 heterocycles. The Morgan fingerprint density at radius 2 is 2.00 bits per heavy atom. The van der Waals surface area contributed by atoms with Crippen molar-refractivity contribution in [3.05, 3.63) is 55.7 Å². The van der Waals surface area contributed by atoms with Crippen molar-refractivity contribution in [2.45, 2.75) is 25.9 Å². The summed E-state index contributed by atoms with van der Waals surface area (Å²) in [6.45, 7) is 3.44. The van der Waals surface area contributed by atoms with Crippen molar-refractivity contribution in [2.24, 2.45) is 0 Å². The van der Waals surface area contributed by atoms with E-state index in [2.05, 4.69) is 15.9 Å². The zero-order valence-corrected chi connectivity index (χ0v) is 12.9. The minimum absolute atomic E-state index is 0.104. The molecular formula is C14H13BrF2OS. The van der Waals surface area contributed by atoms with Gasteiger partial charge in [-0.05, 0) is 58.9 Å². The van der Waals surface area contributed by atoms with E-state index in [1.165, 1.54) is 23.5 Å². The number of hydrogen-bond donors (Lipinski definition) is 1. The highest BCUT2D eigenvalue weighted by molar-refractivity contribution is 9.10. The summed E-state index contributed by atoms with van der Waals surface area (Å²) in [5, 5.41) is 12.4. The molecule has 0 bridgehead atoms. The van der Waals surface area contributed by atoms with Gasteiger partial charge in [0, 0.05) is 16.9 Å². The Labute approximate surface area is 123 Å². The van der Waals surface area contributed by atoms with Crippen molar-refractivity contribution in [3.8, 4) is 0 Å². The summed E-state index contributed by atoms with van der Waals surface area (Å²) in [4.78, 5) is 0.728. The van der Waals surface area contributed by atoms with Gasteiger partial charge < -0.3 is 5.11 Å². The fourth-order valence-corrected chi connectivity index (χ4v) is 3.44. The molecular weight excluding hydrogens is 334 g/mol. The number of benzene rings is 1. The van der Waals surface area contributed by atoms with Gasteiger partial charge >= 0.3 is 0 Å².